The Morgan fingerprint density at radius 1 is 1.17 bits per heavy atom. The fourth-order valence-electron chi connectivity index (χ4n) is 2.39. The normalized spacial score (nSPS) is 10.5. The molecule has 1 heterocycles. The predicted molar refractivity (Wildman–Crippen MR) is 92.3 cm³/mol. The first kappa shape index (κ1) is 15.3. The Hall–Kier alpha value is -2.59. The zero-order valence-electron chi connectivity index (χ0n) is 12.5. The maximum Gasteiger partial charge on any atom is 0.256 e. The predicted octanol–water partition coefficient (Wildman–Crippen LogP) is 4.54. The summed E-state index contributed by atoms with van der Waals surface area (Å²) in [6.45, 7) is 2.33. The molecule has 0 bridgehead atoms. The number of pyridine rings is 1. The van der Waals surface area contributed by atoms with Crippen LogP contribution in [0.1, 0.15) is 17.3 Å². The number of anilines is 1. The molecule has 0 spiro atoms. The number of amides is 1. The fraction of sp³-hybridized carbons (Fsp3) is 0.111. The van der Waals surface area contributed by atoms with E-state index in [1.165, 1.54) is 0 Å². The van der Waals surface area contributed by atoms with Gasteiger partial charge in [0.25, 0.3) is 5.91 Å². The second kappa shape index (κ2) is 6.67. The summed E-state index contributed by atoms with van der Waals surface area (Å²) in [6.07, 6.45) is 1.70. The van der Waals surface area contributed by atoms with E-state index in [2.05, 4.69) is 10.3 Å². The largest absolute Gasteiger partial charge is 0.490 e. The van der Waals surface area contributed by atoms with Gasteiger partial charge in [-0.3, -0.25) is 9.78 Å². The molecule has 5 heteroatoms. The van der Waals surface area contributed by atoms with Gasteiger partial charge in [0.1, 0.15) is 0 Å². The SMILES string of the molecule is CCOc1c(Cl)cccc1NC(=O)c1cccc2ncccc12. The number of carbonyl (C=O) groups is 1. The van der Waals surface area contributed by atoms with Gasteiger partial charge in [0.15, 0.2) is 5.75 Å². The van der Waals surface area contributed by atoms with Crippen molar-refractivity contribution < 1.29 is 9.53 Å². The second-order valence-corrected chi connectivity index (χ2v) is 5.29. The number of rotatable bonds is 4. The van der Waals surface area contributed by atoms with Crippen LogP contribution in [0.4, 0.5) is 5.69 Å². The third-order valence-corrected chi connectivity index (χ3v) is 3.69. The number of halogens is 1. The first-order chi connectivity index (χ1) is 11.2. The van der Waals surface area contributed by atoms with Crippen molar-refractivity contribution in [1.82, 2.24) is 4.98 Å². The highest BCUT2D eigenvalue weighted by Gasteiger charge is 2.14. The van der Waals surface area contributed by atoms with E-state index in [0.717, 1.165) is 10.9 Å². The van der Waals surface area contributed by atoms with Crippen LogP contribution in [0.15, 0.2) is 54.7 Å². The summed E-state index contributed by atoms with van der Waals surface area (Å²) in [5.41, 5.74) is 1.87. The van der Waals surface area contributed by atoms with Gasteiger partial charge in [0, 0.05) is 17.1 Å². The number of nitrogens with zero attached hydrogens (tertiary/aromatic N) is 1. The lowest BCUT2D eigenvalue weighted by Crippen LogP contribution is -2.13. The lowest BCUT2D eigenvalue weighted by atomic mass is 10.1. The lowest BCUT2D eigenvalue weighted by Gasteiger charge is -2.13. The van der Waals surface area contributed by atoms with Crippen molar-refractivity contribution in [1.29, 1.82) is 0 Å². The number of carbonyl (C=O) groups excluding carboxylic acids is 1. The van der Waals surface area contributed by atoms with Crippen molar-refractivity contribution in [3.63, 3.8) is 0 Å². The molecule has 23 heavy (non-hydrogen) atoms. The Morgan fingerprint density at radius 3 is 2.83 bits per heavy atom. The molecule has 116 valence electrons. The number of aromatic nitrogens is 1. The molecule has 3 rings (SSSR count). The molecule has 0 saturated carbocycles. The van der Waals surface area contributed by atoms with E-state index in [4.69, 9.17) is 16.3 Å². The Morgan fingerprint density at radius 2 is 2.00 bits per heavy atom. The van der Waals surface area contributed by atoms with Gasteiger partial charge in [-0.25, -0.2) is 0 Å². The molecule has 0 aliphatic rings. The average Bonchev–Trinajstić information content (AvgIpc) is 2.57. The number of hydrogen-bond donors (Lipinski definition) is 1. The van der Waals surface area contributed by atoms with Crippen LogP contribution in [0.2, 0.25) is 5.02 Å². The van der Waals surface area contributed by atoms with E-state index in [1.807, 2.05) is 31.2 Å². The summed E-state index contributed by atoms with van der Waals surface area (Å²) in [5, 5.41) is 4.13. The molecule has 4 nitrogen and oxygen atoms in total. The Kier molecular flexibility index (Phi) is 4.44. The Labute approximate surface area is 139 Å². The average molecular weight is 327 g/mol. The molecule has 0 radical (unpaired) electrons. The molecule has 0 aliphatic heterocycles. The maximum absolute atomic E-state index is 12.7. The van der Waals surface area contributed by atoms with Crippen LogP contribution in [0.25, 0.3) is 10.9 Å². The minimum Gasteiger partial charge on any atom is -0.490 e. The van der Waals surface area contributed by atoms with Gasteiger partial charge < -0.3 is 10.1 Å². The number of para-hydroxylation sites is 1. The quantitative estimate of drug-likeness (QED) is 0.765. The molecule has 0 unspecified atom stereocenters. The Bertz CT molecular complexity index is 859. The molecule has 3 aromatic rings. The topological polar surface area (TPSA) is 51.2 Å². The molecule has 0 fully saturated rings. The molecule has 1 N–H and O–H groups in total. The van der Waals surface area contributed by atoms with Gasteiger partial charge in [0.2, 0.25) is 0 Å². The van der Waals surface area contributed by atoms with E-state index in [1.54, 1.807) is 30.5 Å². The first-order valence-electron chi connectivity index (χ1n) is 7.27. The van der Waals surface area contributed by atoms with E-state index in [9.17, 15) is 4.79 Å². The van der Waals surface area contributed by atoms with Crippen LogP contribution in [-0.2, 0) is 0 Å². The summed E-state index contributed by atoms with van der Waals surface area (Å²) in [5.74, 6) is 0.246. The van der Waals surface area contributed by atoms with Crippen molar-refractivity contribution in [3.05, 3.63) is 65.3 Å². The van der Waals surface area contributed by atoms with E-state index >= 15 is 0 Å². The molecular formula is C18H15ClN2O2. The zero-order chi connectivity index (χ0) is 16.2. The molecule has 1 aromatic heterocycles. The number of nitrogens with one attached hydrogen (secondary N) is 1. The molecule has 0 aliphatic carbocycles. The molecule has 2 aromatic carbocycles. The van der Waals surface area contributed by atoms with E-state index in [-0.39, 0.29) is 5.91 Å². The number of hydrogen-bond acceptors (Lipinski definition) is 3. The minimum absolute atomic E-state index is 0.230. The van der Waals surface area contributed by atoms with Gasteiger partial charge >= 0.3 is 0 Å². The zero-order valence-corrected chi connectivity index (χ0v) is 13.3. The summed E-state index contributed by atoms with van der Waals surface area (Å²) < 4.78 is 5.53. The highest BCUT2D eigenvalue weighted by molar-refractivity contribution is 6.32. The standard InChI is InChI=1S/C18H15ClN2O2/c1-2-23-17-14(19)8-4-10-16(17)21-18(22)13-6-3-9-15-12(13)7-5-11-20-15/h3-11H,2H2,1H3,(H,21,22). The lowest BCUT2D eigenvalue weighted by molar-refractivity contribution is 0.102. The molecule has 1 amide bonds. The summed E-state index contributed by atoms with van der Waals surface area (Å²) in [7, 11) is 0. The van der Waals surface area contributed by atoms with Gasteiger partial charge in [-0.1, -0.05) is 29.8 Å². The van der Waals surface area contributed by atoms with Crippen molar-refractivity contribution in [2.45, 2.75) is 6.92 Å². The third-order valence-electron chi connectivity index (χ3n) is 3.39. The van der Waals surface area contributed by atoms with Gasteiger partial charge in [-0.05, 0) is 37.3 Å². The molecule has 0 saturated heterocycles. The number of ether oxygens (including phenoxy) is 1. The van der Waals surface area contributed by atoms with Crippen molar-refractivity contribution in [3.8, 4) is 5.75 Å². The Balaban J connectivity index is 1.97. The summed E-state index contributed by atoms with van der Waals surface area (Å²) >= 11 is 6.15. The fourth-order valence-corrected chi connectivity index (χ4v) is 2.62. The molecule has 0 atom stereocenters. The van der Waals surface area contributed by atoms with Gasteiger partial charge in [-0.2, -0.15) is 0 Å². The maximum atomic E-state index is 12.7. The number of fused-ring (bicyclic) bond motifs is 1. The molecular weight excluding hydrogens is 312 g/mol. The third kappa shape index (κ3) is 3.12. The smallest absolute Gasteiger partial charge is 0.256 e. The van der Waals surface area contributed by atoms with Crippen molar-refractivity contribution >= 4 is 34.1 Å². The van der Waals surface area contributed by atoms with Crippen LogP contribution < -0.4 is 10.1 Å². The van der Waals surface area contributed by atoms with Crippen LogP contribution >= 0.6 is 11.6 Å². The van der Waals surface area contributed by atoms with Crippen LogP contribution in [0.5, 0.6) is 5.75 Å². The van der Waals surface area contributed by atoms with Crippen LogP contribution in [-0.4, -0.2) is 17.5 Å². The minimum atomic E-state index is -0.230. The van der Waals surface area contributed by atoms with E-state index in [0.29, 0.717) is 28.6 Å². The van der Waals surface area contributed by atoms with Gasteiger partial charge in [0.05, 0.1) is 22.8 Å². The highest BCUT2D eigenvalue weighted by atomic mass is 35.5. The second-order valence-electron chi connectivity index (χ2n) is 4.88. The highest BCUT2D eigenvalue weighted by Crippen LogP contribution is 2.33. The monoisotopic (exact) mass is 326 g/mol. The van der Waals surface area contributed by atoms with Crippen molar-refractivity contribution in [2.75, 3.05) is 11.9 Å². The van der Waals surface area contributed by atoms with E-state index < -0.39 is 0 Å². The van der Waals surface area contributed by atoms with Gasteiger partial charge in [-0.15, -0.1) is 0 Å². The first-order valence-corrected chi connectivity index (χ1v) is 7.65. The summed E-state index contributed by atoms with van der Waals surface area (Å²) in [4.78, 5) is 16.9. The van der Waals surface area contributed by atoms with Crippen LogP contribution in [0, 0.1) is 0 Å². The summed E-state index contributed by atoms with van der Waals surface area (Å²) in [6, 6.07) is 14.4. The van der Waals surface area contributed by atoms with Crippen molar-refractivity contribution in [2.24, 2.45) is 0 Å². The number of benzene rings is 2. The van der Waals surface area contributed by atoms with Crippen LogP contribution in [0.3, 0.4) is 0 Å².